The Labute approximate surface area is 152 Å². The van der Waals surface area contributed by atoms with Gasteiger partial charge in [0, 0.05) is 29.5 Å². The van der Waals surface area contributed by atoms with Gasteiger partial charge in [-0.1, -0.05) is 23.7 Å². The van der Waals surface area contributed by atoms with E-state index < -0.39 is 0 Å². The zero-order valence-corrected chi connectivity index (χ0v) is 15.4. The minimum atomic E-state index is -0.355. The molecule has 2 aromatic rings. The van der Waals surface area contributed by atoms with Crippen molar-refractivity contribution in [2.45, 2.75) is 32.7 Å². The fourth-order valence-corrected chi connectivity index (χ4v) is 2.43. The van der Waals surface area contributed by atoms with Crippen molar-refractivity contribution in [2.24, 2.45) is 0 Å². The highest BCUT2D eigenvalue weighted by atomic mass is 35.5. The molecule has 25 heavy (non-hydrogen) atoms. The lowest BCUT2D eigenvalue weighted by molar-refractivity contribution is 0.0919. The highest BCUT2D eigenvalue weighted by Gasteiger charge is 2.17. The quantitative estimate of drug-likeness (QED) is 0.860. The average Bonchev–Trinajstić information content (AvgIpc) is 2.53. The first kappa shape index (κ1) is 18.9. The lowest BCUT2D eigenvalue weighted by Gasteiger charge is -2.20. The number of nitrogens with zero attached hydrogens (tertiary/aromatic N) is 1. The van der Waals surface area contributed by atoms with E-state index in [0.717, 1.165) is 5.56 Å². The number of amides is 2. The smallest absolute Gasteiger partial charge is 0.253 e. The van der Waals surface area contributed by atoms with Crippen LogP contribution >= 0.6 is 11.6 Å². The van der Waals surface area contributed by atoms with E-state index >= 15 is 0 Å². The second-order valence-corrected chi connectivity index (χ2v) is 7.24. The summed E-state index contributed by atoms with van der Waals surface area (Å²) in [6.45, 7) is 6.15. The number of hydrogen-bond donors (Lipinski definition) is 2. The predicted octanol–water partition coefficient (Wildman–Crippen LogP) is 3.24. The molecule has 0 radical (unpaired) electrons. The summed E-state index contributed by atoms with van der Waals surface area (Å²) >= 11 is 5.94. The zero-order chi connectivity index (χ0) is 18.4. The topological polar surface area (TPSA) is 71.1 Å². The molecule has 1 heterocycles. The Hall–Kier alpha value is -2.40. The van der Waals surface area contributed by atoms with E-state index in [1.54, 1.807) is 6.07 Å². The molecule has 0 unspecified atom stereocenters. The largest absolute Gasteiger partial charge is 0.352 e. The Bertz CT molecular complexity index is 769. The standard InChI is InChI=1S/C19H22ClN3O2/c1-19(2,3)23-18(25)15-10-14(11-21-12-15)17(24)22-8-7-13-5-4-6-16(20)9-13/h4-6,9-12H,7-8H2,1-3H3,(H,22,24)(H,23,25). The Balaban J connectivity index is 1.95. The number of aromatic nitrogens is 1. The van der Waals surface area contributed by atoms with Gasteiger partial charge in [-0.15, -0.1) is 0 Å². The molecule has 6 heteroatoms. The minimum Gasteiger partial charge on any atom is -0.352 e. The number of rotatable bonds is 5. The Morgan fingerprint density at radius 2 is 1.76 bits per heavy atom. The van der Waals surface area contributed by atoms with Gasteiger partial charge in [-0.3, -0.25) is 14.6 Å². The fraction of sp³-hybridized carbons (Fsp3) is 0.316. The molecule has 1 aromatic heterocycles. The average molecular weight is 360 g/mol. The lowest BCUT2D eigenvalue weighted by atomic mass is 10.1. The third kappa shape index (κ3) is 6.19. The van der Waals surface area contributed by atoms with Gasteiger partial charge in [-0.05, 0) is 51.0 Å². The van der Waals surface area contributed by atoms with Crippen LogP contribution in [-0.2, 0) is 6.42 Å². The van der Waals surface area contributed by atoms with Gasteiger partial charge >= 0.3 is 0 Å². The van der Waals surface area contributed by atoms with Crippen LogP contribution in [0.4, 0.5) is 0 Å². The highest BCUT2D eigenvalue weighted by Crippen LogP contribution is 2.11. The van der Waals surface area contributed by atoms with Crippen LogP contribution in [0.2, 0.25) is 5.02 Å². The Morgan fingerprint density at radius 1 is 1.08 bits per heavy atom. The van der Waals surface area contributed by atoms with E-state index in [4.69, 9.17) is 11.6 Å². The maximum Gasteiger partial charge on any atom is 0.253 e. The van der Waals surface area contributed by atoms with Crippen molar-refractivity contribution < 1.29 is 9.59 Å². The van der Waals surface area contributed by atoms with Crippen molar-refractivity contribution >= 4 is 23.4 Å². The van der Waals surface area contributed by atoms with Crippen LogP contribution in [0.25, 0.3) is 0 Å². The van der Waals surface area contributed by atoms with Gasteiger partial charge in [0.2, 0.25) is 0 Å². The van der Waals surface area contributed by atoms with Crippen LogP contribution in [0, 0.1) is 0 Å². The molecule has 2 rings (SSSR count). The van der Waals surface area contributed by atoms with Crippen molar-refractivity contribution in [3.05, 3.63) is 64.4 Å². The van der Waals surface area contributed by atoms with Gasteiger partial charge in [0.1, 0.15) is 0 Å². The molecule has 0 saturated carbocycles. The third-order valence-electron chi connectivity index (χ3n) is 3.34. The van der Waals surface area contributed by atoms with Gasteiger partial charge < -0.3 is 10.6 Å². The summed E-state index contributed by atoms with van der Waals surface area (Å²) in [5.74, 6) is -0.520. The van der Waals surface area contributed by atoms with Crippen LogP contribution < -0.4 is 10.6 Å². The molecule has 5 nitrogen and oxygen atoms in total. The van der Waals surface area contributed by atoms with Crippen molar-refractivity contribution in [1.29, 1.82) is 0 Å². The van der Waals surface area contributed by atoms with Crippen LogP contribution in [0.3, 0.4) is 0 Å². The summed E-state index contributed by atoms with van der Waals surface area (Å²) in [4.78, 5) is 28.4. The van der Waals surface area contributed by atoms with Gasteiger partial charge in [0.15, 0.2) is 0 Å². The normalized spacial score (nSPS) is 11.0. The first-order chi connectivity index (χ1) is 11.7. The summed E-state index contributed by atoms with van der Waals surface area (Å²) in [7, 11) is 0. The highest BCUT2D eigenvalue weighted by molar-refractivity contribution is 6.30. The number of carbonyl (C=O) groups is 2. The maximum absolute atomic E-state index is 12.3. The van der Waals surface area contributed by atoms with Crippen LogP contribution in [-0.4, -0.2) is 28.9 Å². The Kier molecular flexibility index (Phi) is 6.15. The van der Waals surface area contributed by atoms with Crippen molar-refractivity contribution in [3.8, 4) is 0 Å². The first-order valence-electron chi connectivity index (χ1n) is 8.05. The second-order valence-electron chi connectivity index (χ2n) is 6.80. The van der Waals surface area contributed by atoms with Crippen LogP contribution in [0.1, 0.15) is 47.1 Å². The van der Waals surface area contributed by atoms with E-state index in [9.17, 15) is 9.59 Å². The molecule has 2 amide bonds. The molecule has 2 N–H and O–H groups in total. The van der Waals surface area contributed by atoms with E-state index in [1.807, 2.05) is 45.0 Å². The molecular weight excluding hydrogens is 338 g/mol. The molecule has 0 bridgehead atoms. The predicted molar refractivity (Wildman–Crippen MR) is 98.9 cm³/mol. The molecule has 0 atom stereocenters. The Morgan fingerprint density at radius 3 is 2.40 bits per heavy atom. The summed E-state index contributed by atoms with van der Waals surface area (Å²) in [5.41, 5.74) is 1.40. The van der Waals surface area contributed by atoms with E-state index in [-0.39, 0.29) is 17.4 Å². The molecule has 0 spiro atoms. The van der Waals surface area contributed by atoms with E-state index in [1.165, 1.54) is 12.4 Å². The van der Waals surface area contributed by atoms with Crippen LogP contribution in [0.5, 0.6) is 0 Å². The molecule has 132 valence electrons. The summed E-state index contributed by atoms with van der Waals surface area (Å²) < 4.78 is 0. The van der Waals surface area contributed by atoms with Crippen molar-refractivity contribution in [1.82, 2.24) is 15.6 Å². The number of halogens is 1. The molecule has 0 saturated heterocycles. The number of benzene rings is 1. The summed E-state index contributed by atoms with van der Waals surface area (Å²) in [6.07, 6.45) is 3.57. The van der Waals surface area contributed by atoms with Crippen molar-refractivity contribution in [3.63, 3.8) is 0 Å². The summed E-state index contributed by atoms with van der Waals surface area (Å²) in [6, 6.07) is 9.05. The number of pyridine rings is 1. The molecule has 1 aromatic carbocycles. The maximum atomic E-state index is 12.3. The number of nitrogens with one attached hydrogen (secondary N) is 2. The van der Waals surface area contributed by atoms with Gasteiger partial charge in [0.05, 0.1) is 11.1 Å². The molecule has 0 aliphatic heterocycles. The lowest BCUT2D eigenvalue weighted by Crippen LogP contribution is -2.40. The SMILES string of the molecule is CC(C)(C)NC(=O)c1cncc(C(=O)NCCc2cccc(Cl)c2)c1. The second kappa shape index (κ2) is 8.12. The fourth-order valence-electron chi connectivity index (χ4n) is 2.22. The monoisotopic (exact) mass is 359 g/mol. The van der Waals surface area contributed by atoms with Crippen molar-refractivity contribution in [2.75, 3.05) is 6.54 Å². The third-order valence-corrected chi connectivity index (χ3v) is 3.57. The van der Waals surface area contributed by atoms with Gasteiger partial charge in [-0.2, -0.15) is 0 Å². The van der Waals surface area contributed by atoms with E-state index in [2.05, 4.69) is 15.6 Å². The van der Waals surface area contributed by atoms with Gasteiger partial charge in [0.25, 0.3) is 11.8 Å². The zero-order valence-electron chi connectivity index (χ0n) is 14.6. The van der Waals surface area contributed by atoms with E-state index in [0.29, 0.717) is 29.1 Å². The number of carbonyl (C=O) groups excluding carboxylic acids is 2. The summed E-state index contributed by atoms with van der Waals surface area (Å²) in [5, 5.41) is 6.35. The molecule has 0 aliphatic carbocycles. The molecular formula is C19H22ClN3O2. The van der Waals surface area contributed by atoms with Crippen LogP contribution in [0.15, 0.2) is 42.7 Å². The molecule has 0 fully saturated rings. The first-order valence-corrected chi connectivity index (χ1v) is 8.42. The van der Waals surface area contributed by atoms with Gasteiger partial charge in [-0.25, -0.2) is 0 Å². The minimum absolute atomic E-state index is 0.256. The number of hydrogen-bond acceptors (Lipinski definition) is 3. The molecule has 0 aliphatic rings.